The van der Waals surface area contributed by atoms with Gasteiger partial charge in [-0.05, 0) is 17.7 Å². The Labute approximate surface area is 148 Å². The number of piperazine rings is 1. The van der Waals surface area contributed by atoms with Crippen LogP contribution in [-0.4, -0.2) is 54.8 Å². The first-order valence-electron chi connectivity index (χ1n) is 8.57. The zero-order chi connectivity index (χ0) is 17.5. The molecule has 0 aliphatic carbocycles. The topological polar surface area (TPSA) is 43.9 Å². The standard InChI is InChI=1S/C20H23N3O2/c24-17-22-13-11-21(12-14-22)16-20(25)23(19-9-5-2-6-10-19)15-18-7-3-1-4-8-18/h1-10,17H,11-16H2. The van der Waals surface area contributed by atoms with Gasteiger partial charge < -0.3 is 9.80 Å². The lowest BCUT2D eigenvalue weighted by atomic mass is 10.2. The molecule has 1 aliphatic heterocycles. The fourth-order valence-electron chi connectivity index (χ4n) is 3.00. The summed E-state index contributed by atoms with van der Waals surface area (Å²) in [6.07, 6.45) is 0.880. The molecular weight excluding hydrogens is 314 g/mol. The van der Waals surface area contributed by atoms with E-state index in [9.17, 15) is 9.59 Å². The second-order valence-corrected chi connectivity index (χ2v) is 6.22. The number of hydrogen-bond donors (Lipinski definition) is 0. The Morgan fingerprint density at radius 2 is 1.52 bits per heavy atom. The number of carbonyl (C=O) groups excluding carboxylic acids is 2. The molecule has 0 radical (unpaired) electrons. The van der Waals surface area contributed by atoms with Gasteiger partial charge in [0.1, 0.15) is 0 Å². The largest absolute Gasteiger partial charge is 0.343 e. The number of hydrogen-bond acceptors (Lipinski definition) is 3. The van der Waals surface area contributed by atoms with Gasteiger partial charge in [-0.3, -0.25) is 14.5 Å². The number of carbonyl (C=O) groups is 2. The third-order valence-electron chi connectivity index (χ3n) is 4.47. The second-order valence-electron chi connectivity index (χ2n) is 6.22. The molecule has 0 spiro atoms. The van der Waals surface area contributed by atoms with Crippen molar-refractivity contribution in [2.24, 2.45) is 0 Å². The molecule has 1 saturated heterocycles. The van der Waals surface area contributed by atoms with E-state index in [4.69, 9.17) is 0 Å². The molecule has 5 nitrogen and oxygen atoms in total. The fourth-order valence-corrected chi connectivity index (χ4v) is 3.00. The van der Waals surface area contributed by atoms with Crippen LogP contribution in [0.4, 0.5) is 5.69 Å². The van der Waals surface area contributed by atoms with E-state index in [2.05, 4.69) is 4.90 Å². The summed E-state index contributed by atoms with van der Waals surface area (Å²) in [6, 6.07) is 19.8. The first-order valence-corrected chi connectivity index (χ1v) is 8.57. The quantitative estimate of drug-likeness (QED) is 0.757. The summed E-state index contributed by atoms with van der Waals surface area (Å²) in [6.45, 7) is 3.75. The first-order chi connectivity index (χ1) is 12.3. The molecule has 25 heavy (non-hydrogen) atoms. The maximum Gasteiger partial charge on any atom is 0.241 e. The predicted octanol–water partition coefficient (Wildman–Crippen LogP) is 1.99. The molecule has 3 rings (SSSR count). The molecule has 130 valence electrons. The third kappa shape index (κ3) is 4.67. The molecule has 0 saturated carbocycles. The Morgan fingerprint density at radius 3 is 2.12 bits per heavy atom. The third-order valence-corrected chi connectivity index (χ3v) is 4.47. The van der Waals surface area contributed by atoms with Crippen molar-refractivity contribution in [1.82, 2.24) is 9.80 Å². The van der Waals surface area contributed by atoms with Gasteiger partial charge in [-0.1, -0.05) is 48.5 Å². The molecule has 2 aromatic carbocycles. The van der Waals surface area contributed by atoms with Gasteiger partial charge in [-0.15, -0.1) is 0 Å². The normalized spacial score (nSPS) is 15.0. The lowest BCUT2D eigenvalue weighted by molar-refractivity contribution is -0.122. The molecule has 0 bridgehead atoms. The van der Waals surface area contributed by atoms with Crippen LogP contribution in [0.3, 0.4) is 0 Å². The van der Waals surface area contributed by atoms with E-state index in [0.29, 0.717) is 26.2 Å². The van der Waals surface area contributed by atoms with E-state index in [0.717, 1.165) is 30.8 Å². The van der Waals surface area contributed by atoms with Crippen molar-refractivity contribution < 1.29 is 9.59 Å². The van der Waals surface area contributed by atoms with Gasteiger partial charge in [0.05, 0.1) is 13.1 Å². The fraction of sp³-hybridized carbons (Fsp3) is 0.300. The van der Waals surface area contributed by atoms with Crippen LogP contribution in [0.25, 0.3) is 0 Å². The van der Waals surface area contributed by atoms with E-state index >= 15 is 0 Å². The molecule has 1 heterocycles. The molecule has 5 heteroatoms. The van der Waals surface area contributed by atoms with Crippen molar-refractivity contribution in [2.45, 2.75) is 6.54 Å². The molecule has 0 atom stereocenters. The summed E-state index contributed by atoms with van der Waals surface area (Å²) in [5.41, 5.74) is 2.01. The maximum absolute atomic E-state index is 13.0. The molecule has 2 aromatic rings. The van der Waals surface area contributed by atoms with Crippen LogP contribution in [-0.2, 0) is 16.1 Å². The maximum atomic E-state index is 13.0. The molecule has 0 unspecified atom stereocenters. The van der Waals surface area contributed by atoms with Crippen molar-refractivity contribution >= 4 is 18.0 Å². The summed E-state index contributed by atoms with van der Waals surface area (Å²) in [7, 11) is 0. The minimum absolute atomic E-state index is 0.0783. The lowest BCUT2D eigenvalue weighted by Crippen LogP contribution is -2.49. The van der Waals surface area contributed by atoms with Gasteiger partial charge in [-0.25, -0.2) is 0 Å². The Hall–Kier alpha value is -2.66. The molecule has 0 aromatic heterocycles. The molecule has 0 N–H and O–H groups in total. The zero-order valence-electron chi connectivity index (χ0n) is 14.3. The molecule has 2 amide bonds. The SMILES string of the molecule is O=CN1CCN(CC(=O)N(Cc2ccccc2)c2ccccc2)CC1. The number of para-hydroxylation sites is 1. The molecule has 1 fully saturated rings. The van der Waals surface area contributed by atoms with Crippen LogP contribution < -0.4 is 4.90 Å². The highest BCUT2D eigenvalue weighted by atomic mass is 16.2. The summed E-state index contributed by atoms with van der Waals surface area (Å²) in [5, 5.41) is 0. The Bertz CT molecular complexity index is 683. The van der Waals surface area contributed by atoms with E-state index in [1.807, 2.05) is 65.6 Å². The zero-order valence-corrected chi connectivity index (χ0v) is 14.3. The van der Waals surface area contributed by atoms with Crippen LogP contribution >= 0.6 is 0 Å². The van der Waals surface area contributed by atoms with Gasteiger partial charge >= 0.3 is 0 Å². The van der Waals surface area contributed by atoms with E-state index in [-0.39, 0.29) is 5.91 Å². The average molecular weight is 337 g/mol. The van der Waals surface area contributed by atoms with Crippen LogP contribution in [0.15, 0.2) is 60.7 Å². The molecular formula is C20H23N3O2. The van der Waals surface area contributed by atoms with E-state index < -0.39 is 0 Å². The minimum Gasteiger partial charge on any atom is -0.343 e. The van der Waals surface area contributed by atoms with Crippen LogP contribution in [0.2, 0.25) is 0 Å². The number of benzene rings is 2. The predicted molar refractivity (Wildman–Crippen MR) is 98.2 cm³/mol. The number of anilines is 1. The Morgan fingerprint density at radius 1 is 0.920 bits per heavy atom. The van der Waals surface area contributed by atoms with Gasteiger partial charge in [0.25, 0.3) is 0 Å². The van der Waals surface area contributed by atoms with Crippen molar-refractivity contribution in [3.8, 4) is 0 Å². The van der Waals surface area contributed by atoms with Gasteiger partial charge in [0.2, 0.25) is 12.3 Å². The van der Waals surface area contributed by atoms with Crippen molar-refractivity contribution in [1.29, 1.82) is 0 Å². The highest BCUT2D eigenvalue weighted by molar-refractivity contribution is 5.94. The molecule has 1 aliphatic rings. The Kier molecular flexibility index (Phi) is 5.80. The second kappa shape index (κ2) is 8.44. The summed E-state index contributed by atoms with van der Waals surface area (Å²) in [4.78, 5) is 29.5. The lowest BCUT2D eigenvalue weighted by Gasteiger charge is -2.33. The smallest absolute Gasteiger partial charge is 0.241 e. The van der Waals surface area contributed by atoms with Crippen LogP contribution in [0, 0.1) is 0 Å². The van der Waals surface area contributed by atoms with Crippen molar-refractivity contribution in [3.63, 3.8) is 0 Å². The summed E-state index contributed by atoms with van der Waals surface area (Å²) >= 11 is 0. The van der Waals surface area contributed by atoms with Crippen LogP contribution in [0.5, 0.6) is 0 Å². The number of amides is 2. The van der Waals surface area contributed by atoms with Crippen molar-refractivity contribution in [2.75, 3.05) is 37.6 Å². The summed E-state index contributed by atoms with van der Waals surface area (Å²) < 4.78 is 0. The highest BCUT2D eigenvalue weighted by Gasteiger charge is 2.22. The van der Waals surface area contributed by atoms with E-state index in [1.165, 1.54) is 0 Å². The van der Waals surface area contributed by atoms with Gasteiger partial charge in [-0.2, -0.15) is 0 Å². The van der Waals surface area contributed by atoms with Gasteiger partial charge in [0, 0.05) is 31.9 Å². The van der Waals surface area contributed by atoms with Crippen LogP contribution in [0.1, 0.15) is 5.56 Å². The minimum atomic E-state index is 0.0783. The number of nitrogens with zero attached hydrogens (tertiary/aromatic N) is 3. The van der Waals surface area contributed by atoms with E-state index in [1.54, 1.807) is 4.90 Å². The first kappa shape index (κ1) is 17.2. The van der Waals surface area contributed by atoms with Gasteiger partial charge in [0.15, 0.2) is 0 Å². The average Bonchev–Trinajstić information content (AvgIpc) is 2.68. The highest BCUT2D eigenvalue weighted by Crippen LogP contribution is 2.17. The summed E-state index contributed by atoms with van der Waals surface area (Å²) in [5.74, 6) is 0.0783. The monoisotopic (exact) mass is 337 g/mol. The number of rotatable bonds is 6. The van der Waals surface area contributed by atoms with Crippen molar-refractivity contribution in [3.05, 3.63) is 66.2 Å². The Balaban J connectivity index is 1.70.